The summed E-state index contributed by atoms with van der Waals surface area (Å²) in [5.41, 5.74) is 7.54. The summed E-state index contributed by atoms with van der Waals surface area (Å²) in [6.07, 6.45) is 2.78. The Bertz CT molecular complexity index is 800. The number of anilines is 1. The fourth-order valence-corrected chi connectivity index (χ4v) is 4.53. The normalized spacial score (nSPS) is 16.5. The van der Waals surface area contributed by atoms with Gasteiger partial charge >= 0.3 is 0 Å². The van der Waals surface area contributed by atoms with E-state index in [0.29, 0.717) is 22.0 Å². The van der Waals surface area contributed by atoms with Crippen molar-refractivity contribution in [2.45, 2.75) is 32.6 Å². The maximum absolute atomic E-state index is 13.2. The highest BCUT2D eigenvalue weighted by Gasteiger charge is 2.27. The van der Waals surface area contributed by atoms with Crippen LogP contribution in [-0.2, 0) is 24.1 Å². The second kappa shape index (κ2) is 6.73. The summed E-state index contributed by atoms with van der Waals surface area (Å²) in [4.78, 5) is 25.2. The first-order valence-electron chi connectivity index (χ1n) is 7.92. The summed E-state index contributed by atoms with van der Waals surface area (Å²) in [5.74, 6) is -0.607. The lowest BCUT2D eigenvalue weighted by Crippen LogP contribution is -2.20. The minimum Gasteiger partial charge on any atom is -0.365 e. The van der Waals surface area contributed by atoms with Crippen LogP contribution in [0.2, 0.25) is 0 Å². The van der Waals surface area contributed by atoms with Gasteiger partial charge in [-0.25, -0.2) is 4.39 Å². The number of rotatable bonds is 4. The number of nitrogens with two attached hydrogens (primary N) is 1. The van der Waals surface area contributed by atoms with Gasteiger partial charge in [0, 0.05) is 4.88 Å². The summed E-state index contributed by atoms with van der Waals surface area (Å²) >= 11 is 1.43. The fraction of sp³-hybridized carbons (Fsp3) is 0.333. The van der Waals surface area contributed by atoms with Crippen LogP contribution in [0.4, 0.5) is 9.39 Å². The van der Waals surface area contributed by atoms with Crippen molar-refractivity contribution < 1.29 is 14.0 Å². The van der Waals surface area contributed by atoms with Crippen molar-refractivity contribution in [3.05, 3.63) is 51.7 Å². The van der Waals surface area contributed by atoms with Gasteiger partial charge in [0.2, 0.25) is 5.91 Å². The molecule has 1 aliphatic rings. The second-order valence-electron chi connectivity index (χ2n) is 6.28. The van der Waals surface area contributed by atoms with Gasteiger partial charge < -0.3 is 11.1 Å². The molecule has 6 heteroatoms. The maximum Gasteiger partial charge on any atom is 0.251 e. The van der Waals surface area contributed by atoms with Crippen molar-refractivity contribution in [3.8, 4) is 0 Å². The molecule has 0 bridgehead atoms. The zero-order chi connectivity index (χ0) is 17.3. The van der Waals surface area contributed by atoms with Crippen LogP contribution in [0.1, 0.15) is 39.7 Å². The molecule has 3 rings (SSSR count). The third-order valence-corrected chi connectivity index (χ3v) is 5.43. The SMILES string of the molecule is C[C@@H]1CCc2c(sc(NC(=O)Cc3cccc(F)c3)c2C(N)=O)C1. The molecule has 0 saturated carbocycles. The number of hydrogen-bond acceptors (Lipinski definition) is 3. The van der Waals surface area contributed by atoms with Crippen molar-refractivity contribution in [3.63, 3.8) is 0 Å². The van der Waals surface area contributed by atoms with Crippen LogP contribution in [-0.4, -0.2) is 11.8 Å². The van der Waals surface area contributed by atoms with Gasteiger partial charge in [-0.1, -0.05) is 19.1 Å². The van der Waals surface area contributed by atoms with E-state index in [4.69, 9.17) is 5.73 Å². The van der Waals surface area contributed by atoms with E-state index in [1.165, 1.54) is 23.5 Å². The van der Waals surface area contributed by atoms with E-state index < -0.39 is 5.91 Å². The van der Waals surface area contributed by atoms with E-state index >= 15 is 0 Å². The lowest BCUT2D eigenvalue weighted by atomic mass is 9.88. The van der Waals surface area contributed by atoms with Gasteiger partial charge in [-0.15, -0.1) is 11.3 Å². The molecule has 4 nitrogen and oxygen atoms in total. The molecule has 0 saturated heterocycles. The molecular weight excluding hydrogens is 327 g/mol. The number of nitrogens with one attached hydrogen (secondary N) is 1. The van der Waals surface area contributed by atoms with Gasteiger partial charge in [0.1, 0.15) is 10.8 Å². The quantitative estimate of drug-likeness (QED) is 0.892. The van der Waals surface area contributed by atoms with Crippen LogP contribution in [0, 0.1) is 11.7 Å². The smallest absolute Gasteiger partial charge is 0.251 e. The predicted octanol–water partition coefficient (Wildman–Crippen LogP) is 3.29. The number of amides is 2. The Balaban J connectivity index is 1.82. The number of fused-ring (bicyclic) bond motifs is 1. The van der Waals surface area contributed by atoms with Crippen molar-refractivity contribution in [2.75, 3.05) is 5.32 Å². The fourth-order valence-electron chi connectivity index (χ4n) is 3.10. The molecule has 126 valence electrons. The first-order valence-corrected chi connectivity index (χ1v) is 8.74. The van der Waals surface area contributed by atoms with Gasteiger partial charge in [0.05, 0.1) is 12.0 Å². The highest BCUT2D eigenvalue weighted by atomic mass is 32.1. The van der Waals surface area contributed by atoms with Crippen molar-refractivity contribution in [1.29, 1.82) is 0 Å². The number of hydrogen-bond donors (Lipinski definition) is 2. The topological polar surface area (TPSA) is 72.2 Å². The first kappa shape index (κ1) is 16.6. The number of carbonyl (C=O) groups is 2. The number of benzene rings is 1. The lowest BCUT2D eigenvalue weighted by Gasteiger charge is -2.18. The van der Waals surface area contributed by atoms with Gasteiger partial charge in [-0.05, 0) is 48.4 Å². The Labute approximate surface area is 143 Å². The molecule has 2 amide bonds. The van der Waals surface area contributed by atoms with E-state index in [-0.39, 0.29) is 18.1 Å². The minimum absolute atomic E-state index is 0.0505. The van der Waals surface area contributed by atoms with Crippen LogP contribution in [0.25, 0.3) is 0 Å². The molecule has 0 unspecified atom stereocenters. The Hall–Kier alpha value is -2.21. The van der Waals surface area contributed by atoms with E-state index in [0.717, 1.165) is 29.7 Å². The summed E-state index contributed by atoms with van der Waals surface area (Å²) in [6.45, 7) is 2.18. The van der Waals surface area contributed by atoms with Crippen molar-refractivity contribution >= 4 is 28.2 Å². The van der Waals surface area contributed by atoms with Crippen molar-refractivity contribution in [2.24, 2.45) is 11.7 Å². The molecule has 2 aromatic rings. The van der Waals surface area contributed by atoms with Gasteiger partial charge in [-0.3, -0.25) is 9.59 Å². The van der Waals surface area contributed by atoms with Gasteiger partial charge in [-0.2, -0.15) is 0 Å². The Morgan fingerprint density at radius 1 is 1.42 bits per heavy atom. The summed E-state index contributed by atoms with van der Waals surface area (Å²) in [7, 11) is 0. The molecule has 1 aliphatic carbocycles. The molecule has 1 aromatic heterocycles. The van der Waals surface area contributed by atoms with Crippen molar-refractivity contribution in [1.82, 2.24) is 0 Å². The average molecular weight is 346 g/mol. The highest BCUT2D eigenvalue weighted by molar-refractivity contribution is 7.17. The molecular formula is C18H19FN2O2S. The predicted molar refractivity (Wildman–Crippen MR) is 92.8 cm³/mol. The molecule has 1 atom stereocenters. The summed E-state index contributed by atoms with van der Waals surface area (Å²) < 4.78 is 13.2. The third kappa shape index (κ3) is 3.48. The van der Waals surface area contributed by atoms with E-state index in [1.807, 2.05) is 0 Å². The molecule has 0 spiro atoms. The zero-order valence-electron chi connectivity index (χ0n) is 13.4. The number of thiophene rings is 1. The highest BCUT2D eigenvalue weighted by Crippen LogP contribution is 2.39. The molecule has 3 N–H and O–H groups in total. The molecule has 24 heavy (non-hydrogen) atoms. The average Bonchev–Trinajstić information content (AvgIpc) is 2.83. The van der Waals surface area contributed by atoms with Crippen LogP contribution >= 0.6 is 11.3 Å². The standard InChI is InChI=1S/C18H19FN2O2S/c1-10-5-6-13-14(7-10)24-18(16(13)17(20)23)21-15(22)9-11-3-2-4-12(19)8-11/h2-4,8,10H,5-7,9H2,1H3,(H2,20,23)(H,21,22)/t10-/m1/s1. The van der Waals surface area contributed by atoms with Crippen LogP contribution < -0.4 is 11.1 Å². The number of primary amides is 1. The van der Waals surface area contributed by atoms with Crippen LogP contribution in [0.5, 0.6) is 0 Å². The third-order valence-electron chi connectivity index (χ3n) is 4.26. The minimum atomic E-state index is -0.511. The second-order valence-corrected chi connectivity index (χ2v) is 7.38. The monoisotopic (exact) mass is 346 g/mol. The Morgan fingerprint density at radius 2 is 2.21 bits per heavy atom. The maximum atomic E-state index is 13.2. The molecule has 1 heterocycles. The first-order chi connectivity index (χ1) is 11.4. The number of halogens is 1. The molecule has 0 fully saturated rings. The molecule has 0 aliphatic heterocycles. The summed E-state index contributed by atoms with van der Waals surface area (Å²) in [6, 6.07) is 5.92. The van der Waals surface area contributed by atoms with Gasteiger partial charge in [0.15, 0.2) is 0 Å². The van der Waals surface area contributed by atoms with Crippen LogP contribution in [0.3, 0.4) is 0 Å². The van der Waals surface area contributed by atoms with E-state index in [1.54, 1.807) is 12.1 Å². The zero-order valence-corrected chi connectivity index (χ0v) is 14.2. The van der Waals surface area contributed by atoms with Crippen LogP contribution in [0.15, 0.2) is 24.3 Å². The Kier molecular flexibility index (Phi) is 4.66. The Morgan fingerprint density at radius 3 is 2.92 bits per heavy atom. The van der Waals surface area contributed by atoms with Gasteiger partial charge in [0.25, 0.3) is 5.91 Å². The van der Waals surface area contributed by atoms with E-state index in [2.05, 4.69) is 12.2 Å². The summed E-state index contributed by atoms with van der Waals surface area (Å²) in [5, 5.41) is 3.30. The lowest BCUT2D eigenvalue weighted by molar-refractivity contribution is -0.115. The largest absolute Gasteiger partial charge is 0.365 e. The van der Waals surface area contributed by atoms with E-state index in [9.17, 15) is 14.0 Å². The molecule has 0 radical (unpaired) electrons. The molecule has 1 aromatic carbocycles. The number of carbonyl (C=O) groups excluding carboxylic acids is 2.